The van der Waals surface area contributed by atoms with E-state index in [9.17, 15) is 27.2 Å². The van der Waals surface area contributed by atoms with E-state index < -0.39 is 44.8 Å². The number of hydrogen-bond acceptors (Lipinski definition) is 2. The fourth-order valence-electron chi connectivity index (χ4n) is 2.72. The normalized spacial score (nSPS) is 20.1. The lowest BCUT2D eigenvalue weighted by Gasteiger charge is -2.18. The first kappa shape index (κ1) is 21.4. The van der Waals surface area contributed by atoms with Crippen LogP contribution in [0.2, 0.25) is 0 Å². The van der Waals surface area contributed by atoms with Gasteiger partial charge in [0.1, 0.15) is 10.2 Å². The van der Waals surface area contributed by atoms with Gasteiger partial charge >= 0.3 is 6.18 Å². The lowest BCUT2D eigenvalue weighted by molar-refractivity contribution is -0.137. The molecule has 10 heteroatoms. The summed E-state index contributed by atoms with van der Waals surface area (Å²) in [6, 6.07) is 7.86. The Bertz CT molecular complexity index is 994. The third kappa shape index (κ3) is 4.18. The molecule has 1 unspecified atom stereocenters. The van der Waals surface area contributed by atoms with Crippen molar-refractivity contribution in [2.75, 3.05) is 10.6 Å². The largest absolute Gasteiger partial charge is 0.418 e. The summed E-state index contributed by atoms with van der Waals surface area (Å²) in [5.74, 6) is -2.48. The van der Waals surface area contributed by atoms with Gasteiger partial charge in [0.2, 0.25) is 5.91 Å². The molecule has 1 aliphatic carbocycles. The van der Waals surface area contributed by atoms with Crippen molar-refractivity contribution >= 4 is 46.4 Å². The summed E-state index contributed by atoms with van der Waals surface area (Å²) in [7, 11) is 0. The molecule has 0 bridgehead atoms. The molecule has 3 rings (SSSR count). The molecule has 0 radical (unpaired) electrons. The van der Waals surface area contributed by atoms with E-state index in [0.717, 1.165) is 18.2 Å². The van der Waals surface area contributed by atoms with Gasteiger partial charge in [0.25, 0.3) is 5.91 Å². The van der Waals surface area contributed by atoms with Crippen molar-refractivity contribution in [3.8, 4) is 0 Å². The third-order valence-electron chi connectivity index (χ3n) is 4.71. The van der Waals surface area contributed by atoms with Gasteiger partial charge in [0, 0.05) is 5.69 Å². The second-order valence-corrected chi connectivity index (χ2v) is 8.34. The van der Waals surface area contributed by atoms with Crippen molar-refractivity contribution in [3.05, 3.63) is 59.4 Å². The van der Waals surface area contributed by atoms with E-state index in [1.165, 1.54) is 25.1 Å². The molecule has 0 spiro atoms. The highest BCUT2D eigenvalue weighted by molar-refractivity contribution is 6.53. The topological polar surface area (TPSA) is 58.2 Å². The summed E-state index contributed by atoms with van der Waals surface area (Å²) in [6.07, 6.45) is -4.72. The van der Waals surface area contributed by atoms with Crippen LogP contribution < -0.4 is 10.6 Å². The van der Waals surface area contributed by atoms with Crippen LogP contribution in [0.4, 0.5) is 28.9 Å². The Morgan fingerprint density at radius 3 is 2.24 bits per heavy atom. The van der Waals surface area contributed by atoms with Crippen molar-refractivity contribution in [1.29, 1.82) is 0 Å². The molecule has 0 aliphatic heterocycles. The van der Waals surface area contributed by atoms with E-state index in [1.807, 2.05) is 0 Å². The maximum atomic E-state index is 13.7. The zero-order valence-corrected chi connectivity index (χ0v) is 16.3. The zero-order valence-electron chi connectivity index (χ0n) is 14.8. The SMILES string of the molecule is CC1(C(=O)Nc2ccc(NC(=O)c3ccccc3F)cc2C(F)(F)F)CC1(Cl)Cl. The molecule has 0 heterocycles. The molecule has 154 valence electrons. The van der Waals surface area contributed by atoms with Gasteiger partial charge in [-0.15, -0.1) is 23.2 Å². The zero-order chi connectivity index (χ0) is 21.6. The second-order valence-electron chi connectivity index (χ2n) is 6.86. The highest BCUT2D eigenvalue weighted by Crippen LogP contribution is 2.64. The summed E-state index contributed by atoms with van der Waals surface area (Å²) in [5, 5.41) is 4.41. The molecule has 1 aliphatic rings. The first-order chi connectivity index (χ1) is 13.3. The lowest BCUT2D eigenvalue weighted by Crippen LogP contribution is -2.27. The third-order valence-corrected chi connectivity index (χ3v) is 5.81. The number of nitrogens with one attached hydrogen (secondary N) is 2. The summed E-state index contributed by atoms with van der Waals surface area (Å²) in [4.78, 5) is 24.5. The van der Waals surface area contributed by atoms with Gasteiger partial charge in [-0.1, -0.05) is 12.1 Å². The molecular formula is C19H14Cl2F4N2O2. The first-order valence-corrected chi connectivity index (χ1v) is 9.07. The Morgan fingerprint density at radius 2 is 1.69 bits per heavy atom. The van der Waals surface area contributed by atoms with Gasteiger partial charge in [-0.2, -0.15) is 13.2 Å². The van der Waals surface area contributed by atoms with Gasteiger partial charge in [0.05, 0.1) is 22.2 Å². The Morgan fingerprint density at radius 1 is 1.07 bits per heavy atom. The van der Waals surface area contributed by atoms with Gasteiger partial charge < -0.3 is 10.6 Å². The molecule has 0 saturated heterocycles. The number of rotatable bonds is 4. The van der Waals surface area contributed by atoms with E-state index in [1.54, 1.807) is 0 Å². The Hall–Kier alpha value is -2.32. The van der Waals surface area contributed by atoms with E-state index in [0.29, 0.717) is 6.07 Å². The second kappa shape index (κ2) is 7.18. The molecule has 1 fully saturated rings. The van der Waals surface area contributed by atoms with Gasteiger partial charge in [-0.25, -0.2) is 4.39 Å². The highest BCUT2D eigenvalue weighted by atomic mass is 35.5. The number of benzene rings is 2. The van der Waals surface area contributed by atoms with Crippen LogP contribution in [0.1, 0.15) is 29.3 Å². The molecular weight excluding hydrogens is 435 g/mol. The van der Waals surface area contributed by atoms with Crippen LogP contribution in [-0.4, -0.2) is 16.1 Å². The van der Waals surface area contributed by atoms with E-state index in [4.69, 9.17) is 23.2 Å². The molecule has 2 aromatic rings. The van der Waals surface area contributed by atoms with Crippen LogP contribution in [0.5, 0.6) is 0 Å². The number of amides is 2. The Labute approximate surface area is 173 Å². The number of anilines is 2. The smallest absolute Gasteiger partial charge is 0.325 e. The molecule has 4 nitrogen and oxygen atoms in total. The Balaban J connectivity index is 1.86. The van der Waals surface area contributed by atoms with Gasteiger partial charge in [0.15, 0.2) is 0 Å². The number of hydrogen-bond donors (Lipinski definition) is 2. The monoisotopic (exact) mass is 448 g/mol. The molecule has 2 N–H and O–H groups in total. The molecule has 1 saturated carbocycles. The molecule has 2 aromatic carbocycles. The summed E-state index contributed by atoms with van der Waals surface area (Å²) < 4.78 is 52.8. The minimum absolute atomic E-state index is 0.104. The fraction of sp³-hybridized carbons (Fsp3) is 0.263. The molecule has 1 atom stereocenters. The van der Waals surface area contributed by atoms with Crippen molar-refractivity contribution in [3.63, 3.8) is 0 Å². The van der Waals surface area contributed by atoms with Crippen molar-refractivity contribution in [2.24, 2.45) is 5.41 Å². The van der Waals surface area contributed by atoms with Crippen molar-refractivity contribution in [1.82, 2.24) is 0 Å². The quantitative estimate of drug-likeness (QED) is 0.471. The minimum Gasteiger partial charge on any atom is -0.325 e. The number of alkyl halides is 5. The van der Waals surface area contributed by atoms with E-state index >= 15 is 0 Å². The summed E-state index contributed by atoms with van der Waals surface area (Å²) >= 11 is 11.8. The number of carbonyl (C=O) groups excluding carboxylic acids is 2. The van der Waals surface area contributed by atoms with Crippen LogP contribution in [0.25, 0.3) is 0 Å². The summed E-state index contributed by atoms with van der Waals surface area (Å²) in [6.45, 7) is 1.44. The van der Waals surface area contributed by atoms with Crippen molar-refractivity contribution in [2.45, 2.75) is 23.9 Å². The minimum atomic E-state index is -4.83. The molecule has 29 heavy (non-hydrogen) atoms. The van der Waals surface area contributed by atoms with Crippen LogP contribution >= 0.6 is 23.2 Å². The molecule has 2 amide bonds. The fourth-order valence-corrected chi connectivity index (χ4v) is 3.42. The first-order valence-electron chi connectivity index (χ1n) is 8.31. The number of carbonyl (C=O) groups is 2. The Kier molecular flexibility index (Phi) is 5.29. The van der Waals surface area contributed by atoms with Crippen molar-refractivity contribution < 1.29 is 27.2 Å². The summed E-state index contributed by atoms with van der Waals surface area (Å²) in [5.41, 5.74) is -3.44. The maximum absolute atomic E-state index is 13.7. The van der Waals surface area contributed by atoms with Crippen LogP contribution in [-0.2, 0) is 11.0 Å². The average Bonchev–Trinajstić information content (AvgIpc) is 3.15. The predicted molar refractivity (Wildman–Crippen MR) is 102 cm³/mol. The number of halogens is 6. The van der Waals surface area contributed by atoms with Crippen LogP contribution in [0.15, 0.2) is 42.5 Å². The van der Waals surface area contributed by atoms with E-state index in [-0.39, 0.29) is 17.7 Å². The maximum Gasteiger partial charge on any atom is 0.418 e. The predicted octanol–water partition coefficient (Wildman–Crippen LogP) is 5.62. The highest BCUT2D eigenvalue weighted by Gasteiger charge is 2.68. The van der Waals surface area contributed by atoms with E-state index in [2.05, 4.69) is 10.6 Å². The standard InChI is InChI=1S/C19H14Cl2F4N2O2/c1-17(9-18(17,20)21)16(29)27-14-7-6-10(8-12(14)19(23,24)25)26-15(28)11-4-2-3-5-13(11)22/h2-8H,9H2,1H3,(H,26,28)(H,27,29). The lowest BCUT2D eigenvalue weighted by atomic mass is 10.1. The average molecular weight is 449 g/mol. The van der Waals surface area contributed by atoms with Crippen LogP contribution in [0.3, 0.4) is 0 Å². The van der Waals surface area contributed by atoms with Gasteiger partial charge in [-0.3, -0.25) is 9.59 Å². The molecule has 0 aromatic heterocycles. The van der Waals surface area contributed by atoms with Crippen LogP contribution in [0, 0.1) is 11.2 Å². The van der Waals surface area contributed by atoms with Gasteiger partial charge in [-0.05, 0) is 43.7 Å².